The van der Waals surface area contributed by atoms with Gasteiger partial charge in [0.2, 0.25) is 5.71 Å². The van der Waals surface area contributed by atoms with Gasteiger partial charge in [-0.25, -0.2) is 4.98 Å². The van der Waals surface area contributed by atoms with Crippen molar-refractivity contribution in [1.82, 2.24) is 19.5 Å². The third-order valence-electron chi connectivity index (χ3n) is 13.8. The summed E-state index contributed by atoms with van der Waals surface area (Å²) in [5.41, 5.74) is 11.5. The maximum atomic E-state index is 6.72. The third kappa shape index (κ3) is 8.83. The second kappa shape index (κ2) is 19.1. The van der Waals surface area contributed by atoms with Crippen molar-refractivity contribution in [2.45, 2.75) is 98.2 Å². The monoisotopic (exact) mass is 1070 g/mol. The minimum Gasteiger partial charge on any atom is -0.486 e. The van der Waals surface area contributed by atoms with Crippen molar-refractivity contribution in [3.05, 3.63) is 163 Å². The topological polar surface area (TPSA) is 56.7 Å². The van der Waals surface area contributed by atoms with E-state index in [1.165, 1.54) is 69.2 Å². The Labute approximate surface area is 410 Å². The van der Waals surface area contributed by atoms with Gasteiger partial charge in [-0.15, -0.1) is 54.1 Å². The zero-order valence-corrected chi connectivity index (χ0v) is 43.5. The number of fused-ring (bicyclic) bond motifs is 7. The molecule has 341 valence electrons. The Morgan fingerprint density at radius 3 is 2.09 bits per heavy atom. The first-order valence-electron chi connectivity index (χ1n) is 24.1. The van der Waals surface area contributed by atoms with Crippen LogP contribution in [0.25, 0.3) is 83.0 Å². The van der Waals surface area contributed by atoms with Gasteiger partial charge in [-0.2, -0.15) is 0 Å². The first-order valence-corrected chi connectivity index (χ1v) is 27.6. The van der Waals surface area contributed by atoms with E-state index in [9.17, 15) is 0 Å². The summed E-state index contributed by atoms with van der Waals surface area (Å²) < 4.78 is 9.08. The molecule has 0 aliphatic heterocycles. The van der Waals surface area contributed by atoms with Crippen molar-refractivity contribution in [1.29, 1.82) is 0 Å². The van der Waals surface area contributed by atoms with Crippen molar-refractivity contribution >= 4 is 67.9 Å². The predicted molar refractivity (Wildman–Crippen MR) is 280 cm³/mol. The van der Waals surface area contributed by atoms with Gasteiger partial charge in [0.15, 0.2) is 0 Å². The Balaban J connectivity index is 0.000000226. The van der Waals surface area contributed by atoms with Gasteiger partial charge >= 0.3 is 0 Å². The number of nitrogens with zero attached hydrogens (tertiary/aromatic N) is 4. The zero-order chi connectivity index (χ0) is 45.7. The maximum Gasteiger partial charge on any atom is 0.216 e. The summed E-state index contributed by atoms with van der Waals surface area (Å²) in [6.07, 6.45) is 8.47. The fourth-order valence-electron chi connectivity index (χ4n) is 10.6. The number of imidazole rings is 1. The van der Waals surface area contributed by atoms with Gasteiger partial charge in [0.25, 0.3) is 0 Å². The second-order valence-electron chi connectivity index (χ2n) is 20.2. The first kappa shape index (κ1) is 46.4. The van der Waals surface area contributed by atoms with E-state index in [4.69, 9.17) is 14.4 Å². The van der Waals surface area contributed by atoms with Gasteiger partial charge in [-0.3, -0.25) is 4.98 Å². The zero-order valence-electron chi connectivity index (χ0n) is 40.1. The van der Waals surface area contributed by atoms with Gasteiger partial charge in [0, 0.05) is 48.7 Å². The molecule has 1 aliphatic carbocycles. The molecule has 1 atom stereocenters. The maximum absolute atomic E-state index is 6.72. The fourth-order valence-corrected chi connectivity index (χ4v) is 12.2. The van der Waals surface area contributed by atoms with Crippen molar-refractivity contribution in [3.63, 3.8) is 0 Å². The molecule has 10 aromatic rings. The summed E-state index contributed by atoms with van der Waals surface area (Å²) in [6.45, 7) is 18.6. The summed E-state index contributed by atoms with van der Waals surface area (Å²) in [7, 11) is -1.34. The largest absolute Gasteiger partial charge is 0.486 e. The number of furan rings is 1. The molecular formula is C60H60IrN4OSi-2. The van der Waals surface area contributed by atoms with E-state index in [1.54, 1.807) is 0 Å². The molecule has 0 N–H and O–H groups in total. The van der Waals surface area contributed by atoms with E-state index in [1.807, 2.05) is 24.3 Å². The Hall–Kier alpha value is -5.72. The van der Waals surface area contributed by atoms with Crippen LogP contribution in [0.5, 0.6) is 0 Å². The summed E-state index contributed by atoms with van der Waals surface area (Å²) in [6, 6.07) is 51.7. The number of benzene rings is 6. The Kier molecular flexibility index (Phi) is 13.2. The molecule has 6 aromatic carbocycles. The third-order valence-corrected chi connectivity index (χ3v) is 15.9. The SMILES string of the molecule is CC(C)Cc1cc(-c2[c-]cccc2)ncc1[Si](C)(C)C.CC(C)c1c(-n2c(-c3[c-]ccc4c3oc3nc(C(C)C5CCCC5)ccc34)nc3ccccc32)c2ccccc2c2ccccc12.[Ir]. The van der Waals surface area contributed by atoms with E-state index < -0.39 is 8.07 Å². The van der Waals surface area contributed by atoms with Gasteiger partial charge in [-0.1, -0.05) is 150 Å². The average molecular weight is 1070 g/mol. The Morgan fingerprint density at radius 1 is 0.701 bits per heavy atom. The molecule has 67 heavy (non-hydrogen) atoms. The first-order chi connectivity index (χ1) is 32.0. The molecule has 1 aliphatic rings. The molecule has 4 heterocycles. The van der Waals surface area contributed by atoms with Crippen LogP contribution < -0.4 is 5.19 Å². The molecule has 1 saturated carbocycles. The van der Waals surface area contributed by atoms with Gasteiger partial charge in [-0.05, 0) is 93.9 Å². The molecule has 1 unspecified atom stereocenters. The Bertz CT molecular complexity index is 3370. The van der Waals surface area contributed by atoms with E-state index in [-0.39, 0.29) is 26.0 Å². The molecule has 0 saturated heterocycles. The molecule has 5 nitrogen and oxygen atoms in total. The van der Waals surface area contributed by atoms with Gasteiger partial charge in [0.1, 0.15) is 0 Å². The van der Waals surface area contributed by atoms with Crippen molar-refractivity contribution in [3.8, 4) is 28.3 Å². The molecule has 1 radical (unpaired) electrons. The van der Waals surface area contributed by atoms with Crippen LogP contribution in [0.1, 0.15) is 89.0 Å². The van der Waals surface area contributed by atoms with Crippen LogP contribution in [0, 0.1) is 24.0 Å². The molecule has 1 fully saturated rings. The van der Waals surface area contributed by atoms with E-state index in [0.29, 0.717) is 23.5 Å². The second-order valence-corrected chi connectivity index (χ2v) is 25.3. The van der Waals surface area contributed by atoms with Crippen LogP contribution in [0.15, 0.2) is 138 Å². The smallest absolute Gasteiger partial charge is 0.216 e. The fraction of sp³-hybridized carbons (Fsp3) is 0.283. The van der Waals surface area contributed by atoms with E-state index in [2.05, 4.69) is 185 Å². The summed E-state index contributed by atoms with van der Waals surface area (Å²) >= 11 is 0. The number of pyridine rings is 2. The molecule has 0 spiro atoms. The number of hydrogen-bond donors (Lipinski definition) is 0. The number of rotatable bonds is 9. The van der Waals surface area contributed by atoms with Gasteiger partial charge < -0.3 is 14.0 Å². The molecule has 0 bridgehead atoms. The van der Waals surface area contributed by atoms with Crippen LogP contribution >= 0.6 is 0 Å². The summed E-state index contributed by atoms with van der Waals surface area (Å²) in [5, 5.41) is 8.56. The van der Waals surface area contributed by atoms with E-state index >= 15 is 0 Å². The standard InChI is InChI=1S/C42H36N3O.C18H24NSi.Ir/c1-25(2)38-30-17-8-6-15-28(30)29-16-7-9-18-31(29)39(38)45-37-22-11-10-21-36(37)43-41(45)34-20-12-19-32-33-23-24-35(44-42(33)46-40(32)34)26(3)27-13-4-5-14-27;1-14(2)11-16-12-17(15-9-7-6-8-10-15)19-13-18(16)20(3,4)5;/h6-12,15-19,21-27H,4-5,13-14H2,1-3H3;6-9,12-14H,11H2,1-5H3;/q2*-1;. The number of hydrogen-bond acceptors (Lipinski definition) is 4. The Morgan fingerprint density at radius 2 is 1.39 bits per heavy atom. The van der Waals surface area contributed by atoms with Crippen molar-refractivity contribution < 1.29 is 24.5 Å². The summed E-state index contributed by atoms with van der Waals surface area (Å²) in [4.78, 5) is 15.1. The molecule has 11 rings (SSSR count). The molecule has 4 aromatic heterocycles. The van der Waals surface area contributed by atoms with E-state index in [0.717, 1.165) is 62.1 Å². The minimum atomic E-state index is -1.34. The summed E-state index contributed by atoms with van der Waals surface area (Å²) in [5.74, 6) is 2.89. The molecule has 7 heteroatoms. The molecular weight excluding hydrogens is 1010 g/mol. The van der Waals surface area contributed by atoms with Crippen LogP contribution in [-0.4, -0.2) is 27.6 Å². The minimum absolute atomic E-state index is 0. The van der Waals surface area contributed by atoms with Crippen molar-refractivity contribution in [2.75, 3.05) is 0 Å². The van der Waals surface area contributed by atoms with Crippen LogP contribution in [0.2, 0.25) is 19.6 Å². The quantitative estimate of drug-likeness (QED) is 0.0821. The normalized spacial score (nSPS) is 13.8. The van der Waals surface area contributed by atoms with Crippen LogP contribution in [0.4, 0.5) is 0 Å². The van der Waals surface area contributed by atoms with Crippen LogP contribution in [-0.2, 0) is 26.5 Å². The van der Waals surface area contributed by atoms with Crippen molar-refractivity contribution in [2.24, 2.45) is 11.8 Å². The van der Waals surface area contributed by atoms with Crippen LogP contribution in [0.3, 0.4) is 0 Å². The van der Waals surface area contributed by atoms with Gasteiger partial charge in [0.05, 0.1) is 36.2 Å². The molecule has 0 amide bonds. The predicted octanol–water partition coefficient (Wildman–Crippen LogP) is 15.8. The average Bonchev–Trinajstić information content (AvgIpc) is 4.09. The number of aromatic nitrogens is 4. The number of para-hydroxylation sites is 2.